The monoisotopic (exact) mass is 226 g/mol. The predicted molar refractivity (Wildman–Crippen MR) is 57.0 cm³/mol. The van der Waals surface area contributed by atoms with Gasteiger partial charge in [0.2, 0.25) is 0 Å². The van der Waals surface area contributed by atoms with E-state index in [9.17, 15) is 9.18 Å². The van der Waals surface area contributed by atoms with Crippen LogP contribution in [0, 0.1) is 5.82 Å². The maximum atomic E-state index is 12.9. The first-order valence-corrected chi connectivity index (χ1v) is 5.01. The number of ether oxygens (including phenoxy) is 1. The van der Waals surface area contributed by atoms with Gasteiger partial charge in [-0.1, -0.05) is 0 Å². The number of hydrogen-bond acceptors (Lipinski definition) is 4. The number of esters is 1. The van der Waals surface area contributed by atoms with Crippen molar-refractivity contribution in [2.75, 3.05) is 6.61 Å². The quantitative estimate of drug-likeness (QED) is 0.787. The van der Waals surface area contributed by atoms with E-state index >= 15 is 0 Å². The molecule has 0 aliphatic heterocycles. The summed E-state index contributed by atoms with van der Waals surface area (Å²) in [5.74, 6) is -0.880. The van der Waals surface area contributed by atoms with Crippen LogP contribution < -0.4 is 5.73 Å². The summed E-state index contributed by atoms with van der Waals surface area (Å²) in [6.45, 7) is 3.66. The van der Waals surface area contributed by atoms with Gasteiger partial charge in [-0.15, -0.1) is 0 Å². The van der Waals surface area contributed by atoms with Crippen LogP contribution in [0.25, 0.3) is 0 Å². The lowest BCUT2D eigenvalue weighted by atomic mass is 9.91. The molecule has 0 aliphatic carbocycles. The van der Waals surface area contributed by atoms with Crippen LogP contribution in [-0.4, -0.2) is 17.6 Å². The first kappa shape index (κ1) is 12.6. The highest BCUT2D eigenvalue weighted by atomic mass is 19.1. The Balaban J connectivity index is 2.81. The smallest absolute Gasteiger partial charge is 0.307 e. The Morgan fingerprint density at radius 1 is 1.62 bits per heavy atom. The zero-order valence-corrected chi connectivity index (χ0v) is 9.37. The summed E-state index contributed by atoms with van der Waals surface area (Å²) < 4.78 is 17.7. The van der Waals surface area contributed by atoms with Gasteiger partial charge < -0.3 is 10.5 Å². The summed E-state index contributed by atoms with van der Waals surface area (Å²) in [6.07, 6.45) is 2.53. The zero-order chi connectivity index (χ0) is 12.2. The van der Waals surface area contributed by atoms with Gasteiger partial charge in [0.05, 0.1) is 24.8 Å². The van der Waals surface area contributed by atoms with Gasteiger partial charge in [-0.25, -0.2) is 4.39 Å². The fourth-order valence-electron chi connectivity index (χ4n) is 1.34. The van der Waals surface area contributed by atoms with E-state index in [4.69, 9.17) is 10.5 Å². The van der Waals surface area contributed by atoms with Crippen molar-refractivity contribution in [3.63, 3.8) is 0 Å². The molecule has 0 amide bonds. The molecule has 1 atom stereocenters. The average Bonchev–Trinajstić information content (AvgIpc) is 2.17. The molecule has 16 heavy (non-hydrogen) atoms. The van der Waals surface area contributed by atoms with Gasteiger partial charge in [0.15, 0.2) is 0 Å². The minimum absolute atomic E-state index is 0.00796. The lowest BCUT2D eigenvalue weighted by molar-refractivity contribution is -0.144. The van der Waals surface area contributed by atoms with Crippen LogP contribution in [0.1, 0.15) is 25.8 Å². The second-order valence-corrected chi connectivity index (χ2v) is 3.79. The Bertz CT molecular complexity index is 380. The number of rotatable bonds is 4. The Morgan fingerprint density at radius 2 is 2.31 bits per heavy atom. The Morgan fingerprint density at radius 3 is 2.88 bits per heavy atom. The van der Waals surface area contributed by atoms with Crippen LogP contribution in [0.5, 0.6) is 0 Å². The number of carbonyl (C=O) groups is 1. The SMILES string of the molecule is CCOC(=O)CC(C)(N)c1cncc(F)c1. The first-order valence-electron chi connectivity index (χ1n) is 5.01. The van der Waals surface area contributed by atoms with Crippen molar-refractivity contribution in [1.29, 1.82) is 0 Å². The van der Waals surface area contributed by atoms with Crippen molar-refractivity contribution in [1.82, 2.24) is 4.98 Å². The van der Waals surface area contributed by atoms with E-state index in [-0.39, 0.29) is 6.42 Å². The Hall–Kier alpha value is -1.49. The molecule has 2 N–H and O–H groups in total. The lowest BCUT2D eigenvalue weighted by Gasteiger charge is -2.23. The molecule has 1 heterocycles. The maximum absolute atomic E-state index is 12.9. The maximum Gasteiger partial charge on any atom is 0.307 e. The summed E-state index contributed by atoms with van der Waals surface area (Å²) in [4.78, 5) is 15.0. The molecule has 1 unspecified atom stereocenters. The number of carbonyl (C=O) groups excluding carboxylic acids is 1. The summed E-state index contributed by atoms with van der Waals surface area (Å²) >= 11 is 0. The second kappa shape index (κ2) is 5.03. The summed E-state index contributed by atoms with van der Waals surface area (Å²) in [6, 6.07) is 1.27. The lowest BCUT2D eigenvalue weighted by Crippen LogP contribution is -2.36. The third-order valence-electron chi connectivity index (χ3n) is 2.18. The van der Waals surface area contributed by atoms with Crippen molar-refractivity contribution < 1.29 is 13.9 Å². The van der Waals surface area contributed by atoms with Crippen LogP contribution >= 0.6 is 0 Å². The van der Waals surface area contributed by atoms with E-state index in [0.717, 1.165) is 6.20 Å². The number of pyridine rings is 1. The summed E-state index contributed by atoms with van der Waals surface area (Å²) in [7, 11) is 0. The highest BCUT2D eigenvalue weighted by Gasteiger charge is 2.26. The van der Waals surface area contributed by atoms with Crippen molar-refractivity contribution in [3.8, 4) is 0 Å². The van der Waals surface area contributed by atoms with Crippen LogP contribution in [0.15, 0.2) is 18.5 Å². The molecule has 0 fully saturated rings. The topological polar surface area (TPSA) is 65.2 Å². The molecule has 1 aromatic heterocycles. The van der Waals surface area contributed by atoms with E-state index in [1.54, 1.807) is 13.8 Å². The van der Waals surface area contributed by atoms with Gasteiger partial charge in [0.25, 0.3) is 0 Å². The van der Waals surface area contributed by atoms with Gasteiger partial charge in [0.1, 0.15) is 5.82 Å². The van der Waals surface area contributed by atoms with Gasteiger partial charge >= 0.3 is 5.97 Å². The molecule has 5 heteroatoms. The number of nitrogens with zero attached hydrogens (tertiary/aromatic N) is 1. The third-order valence-corrected chi connectivity index (χ3v) is 2.18. The summed E-state index contributed by atoms with van der Waals surface area (Å²) in [5.41, 5.74) is 5.43. The Kier molecular flexibility index (Phi) is 3.95. The van der Waals surface area contributed by atoms with E-state index < -0.39 is 17.3 Å². The molecule has 0 radical (unpaired) electrons. The molecular weight excluding hydrogens is 211 g/mol. The van der Waals surface area contributed by atoms with Crippen LogP contribution in [0.4, 0.5) is 4.39 Å². The van der Waals surface area contributed by atoms with E-state index in [1.165, 1.54) is 12.3 Å². The predicted octanol–water partition coefficient (Wildman–Crippen LogP) is 1.35. The zero-order valence-electron chi connectivity index (χ0n) is 9.37. The molecule has 1 aromatic rings. The van der Waals surface area contributed by atoms with Crippen LogP contribution in [0.3, 0.4) is 0 Å². The van der Waals surface area contributed by atoms with E-state index in [0.29, 0.717) is 12.2 Å². The fraction of sp³-hybridized carbons (Fsp3) is 0.455. The Labute approximate surface area is 93.6 Å². The normalized spacial score (nSPS) is 14.2. The van der Waals surface area contributed by atoms with Crippen molar-refractivity contribution >= 4 is 5.97 Å². The first-order chi connectivity index (χ1) is 7.45. The fourth-order valence-corrected chi connectivity index (χ4v) is 1.34. The minimum Gasteiger partial charge on any atom is -0.466 e. The molecule has 4 nitrogen and oxygen atoms in total. The molecule has 88 valence electrons. The van der Waals surface area contributed by atoms with Crippen molar-refractivity contribution in [2.45, 2.75) is 25.8 Å². The molecule has 0 bridgehead atoms. The van der Waals surface area contributed by atoms with E-state index in [2.05, 4.69) is 4.98 Å². The highest BCUT2D eigenvalue weighted by Crippen LogP contribution is 2.21. The average molecular weight is 226 g/mol. The molecule has 0 saturated heterocycles. The third kappa shape index (κ3) is 3.27. The second-order valence-electron chi connectivity index (χ2n) is 3.79. The number of hydrogen-bond donors (Lipinski definition) is 1. The van der Waals surface area contributed by atoms with Gasteiger partial charge in [-0.2, -0.15) is 0 Å². The van der Waals surface area contributed by atoms with Gasteiger partial charge in [-0.3, -0.25) is 9.78 Å². The number of aromatic nitrogens is 1. The van der Waals surface area contributed by atoms with E-state index in [1.807, 2.05) is 0 Å². The standard InChI is InChI=1S/C11H15FN2O2/c1-3-16-10(15)5-11(2,13)8-4-9(12)7-14-6-8/h4,6-7H,3,5,13H2,1-2H3. The van der Waals surface area contributed by atoms with Crippen LogP contribution in [-0.2, 0) is 15.1 Å². The molecule has 0 spiro atoms. The largest absolute Gasteiger partial charge is 0.466 e. The molecule has 1 rings (SSSR count). The van der Waals surface area contributed by atoms with Crippen molar-refractivity contribution in [3.05, 3.63) is 29.8 Å². The molecule has 0 aromatic carbocycles. The van der Waals surface area contributed by atoms with Gasteiger partial charge in [0, 0.05) is 6.20 Å². The number of halogens is 1. The molecule has 0 aliphatic rings. The van der Waals surface area contributed by atoms with Crippen LogP contribution in [0.2, 0.25) is 0 Å². The molecule has 0 saturated carbocycles. The van der Waals surface area contributed by atoms with Gasteiger partial charge in [-0.05, 0) is 25.5 Å². The summed E-state index contributed by atoms with van der Waals surface area (Å²) in [5, 5.41) is 0. The number of nitrogens with two attached hydrogens (primary N) is 1. The molecular formula is C11H15FN2O2. The minimum atomic E-state index is -0.971. The van der Waals surface area contributed by atoms with Crippen molar-refractivity contribution in [2.24, 2.45) is 5.73 Å². The highest BCUT2D eigenvalue weighted by molar-refractivity contribution is 5.71.